The molecular weight excluding hydrogens is 284 g/mol. The van der Waals surface area contributed by atoms with Crippen LogP contribution in [0.2, 0.25) is 0 Å². The van der Waals surface area contributed by atoms with Gasteiger partial charge in [0.25, 0.3) is 0 Å². The molecule has 2 N–H and O–H groups in total. The van der Waals surface area contributed by atoms with Crippen molar-refractivity contribution < 1.29 is 9.53 Å². The fourth-order valence-electron chi connectivity index (χ4n) is 2.10. The van der Waals surface area contributed by atoms with E-state index in [0.29, 0.717) is 12.3 Å². The highest BCUT2D eigenvalue weighted by Crippen LogP contribution is 2.40. The number of carbonyl (C=O) groups is 1. The molecule has 1 aliphatic rings. The van der Waals surface area contributed by atoms with Gasteiger partial charge in [-0.3, -0.25) is 4.79 Å². The van der Waals surface area contributed by atoms with Crippen molar-refractivity contribution in [2.45, 2.75) is 55.4 Å². The van der Waals surface area contributed by atoms with Crippen molar-refractivity contribution in [2.24, 2.45) is 10.7 Å². The number of amides is 1. The molecule has 0 radical (unpaired) electrons. The highest BCUT2D eigenvalue weighted by Gasteiger charge is 2.42. The van der Waals surface area contributed by atoms with Gasteiger partial charge in [-0.2, -0.15) is 0 Å². The molecular formula is C16H22N2O2S. The summed E-state index contributed by atoms with van der Waals surface area (Å²) in [6, 6.07) is 10.2. The smallest absolute Gasteiger partial charge is 0.244 e. The predicted molar refractivity (Wildman–Crippen MR) is 86.6 cm³/mol. The van der Waals surface area contributed by atoms with Crippen LogP contribution in [0.25, 0.3) is 0 Å². The summed E-state index contributed by atoms with van der Waals surface area (Å²) in [7, 11) is 0. The number of rotatable bonds is 4. The third-order valence-electron chi connectivity index (χ3n) is 3.55. The summed E-state index contributed by atoms with van der Waals surface area (Å²) in [4.78, 5) is 17.0. The van der Waals surface area contributed by atoms with Gasteiger partial charge in [0.15, 0.2) is 5.90 Å². The van der Waals surface area contributed by atoms with E-state index in [1.165, 1.54) is 4.90 Å². The second-order valence-electron chi connectivity index (χ2n) is 6.26. The van der Waals surface area contributed by atoms with Crippen molar-refractivity contribution in [1.29, 1.82) is 0 Å². The van der Waals surface area contributed by atoms with Crippen LogP contribution in [0, 0.1) is 0 Å². The number of carbonyl (C=O) groups excluding carboxylic acids is 1. The number of ether oxygens (including phenoxy) is 1. The summed E-state index contributed by atoms with van der Waals surface area (Å²) in [5.74, 6) is 0.160. The third kappa shape index (κ3) is 3.79. The van der Waals surface area contributed by atoms with Crippen molar-refractivity contribution in [3.05, 3.63) is 30.3 Å². The largest absolute Gasteiger partial charge is 0.474 e. The Bertz CT molecular complexity index is 553. The molecule has 1 atom stereocenters. The lowest BCUT2D eigenvalue weighted by molar-refractivity contribution is -0.121. The highest BCUT2D eigenvalue weighted by atomic mass is 32.2. The monoisotopic (exact) mass is 306 g/mol. The van der Waals surface area contributed by atoms with E-state index in [1.807, 2.05) is 32.0 Å². The Morgan fingerprint density at radius 2 is 2.00 bits per heavy atom. The highest BCUT2D eigenvalue weighted by molar-refractivity contribution is 8.00. The Morgan fingerprint density at radius 1 is 1.38 bits per heavy atom. The normalized spacial score (nSPS) is 23.0. The van der Waals surface area contributed by atoms with Crippen molar-refractivity contribution in [3.8, 4) is 0 Å². The van der Waals surface area contributed by atoms with Crippen molar-refractivity contribution in [1.82, 2.24) is 0 Å². The molecule has 1 saturated heterocycles. The Morgan fingerprint density at radius 3 is 2.57 bits per heavy atom. The molecule has 4 nitrogen and oxygen atoms in total. The zero-order valence-electron chi connectivity index (χ0n) is 12.9. The van der Waals surface area contributed by atoms with Crippen LogP contribution >= 0.6 is 11.8 Å². The minimum Gasteiger partial charge on any atom is -0.474 e. The molecule has 0 aromatic heterocycles. The molecule has 0 saturated carbocycles. The standard InChI is InChI=1S/C16H22N2O2S/c1-15(2,14(17)19)18-13-10-12(16(3,4)20-13)21-11-8-6-5-7-9-11/h5-9,12H,10H2,1-4H3,(H2,17,19). The van der Waals surface area contributed by atoms with E-state index < -0.39 is 11.4 Å². The quantitative estimate of drug-likeness (QED) is 0.930. The first kappa shape index (κ1) is 15.9. The lowest BCUT2D eigenvalue weighted by Crippen LogP contribution is -2.37. The van der Waals surface area contributed by atoms with Crippen molar-refractivity contribution in [2.75, 3.05) is 0 Å². The molecule has 114 valence electrons. The van der Waals surface area contributed by atoms with Crippen LogP contribution in [0.1, 0.15) is 34.1 Å². The van der Waals surface area contributed by atoms with E-state index in [2.05, 4.69) is 17.1 Å². The van der Waals surface area contributed by atoms with Gasteiger partial charge in [0.05, 0.1) is 5.25 Å². The van der Waals surface area contributed by atoms with Crippen LogP contribution in [-0.2, 0) is 9.53 Å². The van der Waals surface area contributed by atoms with Crippen LogP contribution in [0.15, 0.2) is 40.2 Å². The second kappa shape index (κ2) is 5.72. The van der Waals surface area contributed by atoms with Gasteiger partial charge in [0, 0.05) is 11.3 Å². The second-order valence-corrected chi connectivity index (χ2v) is 7.53. The zero-order valence-corrected chi connectivity index (χ0v) is 13.7. The molecule has 0 bridgehead atoms. The zero-order chi connectivity index (χ0) is 15.7. The Labute approximate surface area is 130 Å². The molecule has 1 fully saturated rings. The van der Waals surface area contributed by atoms with E-state index >= 15 is 0 Å². The predicted octanol–water partition coefficient (Wildman–Crippen LogP) is 3.01. The van der Waals surface area contributed by atoms with E-state index in [0.717, 1.165) is 0 Å². The average molecular weight is 306 g/mol. The molecule has 1 unspecified atom stereocenters. The third-order valence-corrected chi connectivity index (χ3v) is 5.11. The van der Waals surface area contributed by atoms with Gasteiger partial charge in [-0.25, -0.2) is 4.99 Å². The first-order chi connectivity index (χ1) is 9.71. The first-order valence-corrected chi connectivity index (χ1v) is 7.88. The molecule has 0 aliphatic carbocycles. The fraction of sp³-hybridized carbons (Fsp3) is 0.500. The van der Waals surface area contributed by atoms with Gasteiger partial charge in [-0.05, 0) is 39.8 Å². The molecule has 1 aliphatic heterocycles. The number of primary amides is 1. The Balaban J connectivity index is 2.15. The van der Waals surface area contributed by atoms with Gasteiger partial charge in [0.1, 0.15) is 11.1 Å². The first-order valence-electron chi connectivity index (χ1n) is 7.00. The van der Waals surface area contributed by atoms with Crippen LogP contribution in [0.3, 0.4) is 0 Å². The summed E-state index contributed by atoms with van der Waals surface area (Å²) in [5.41, 5.74) is 4.11. The number of aliphatic imine (C=N–C) groups is 1. The van der Waals surface area contributed by atoms with Crippen molar-refractivity contribution >= 4 is 23.6 Å². The van der Waals surface area contributed by atoms with E-state index in [-0.39, 0.29) is 10.9 Å². The number of benzene rings is 1. The van der Waals surface area contributed by atoms with Gasteiger partial charge in [-0.15, -0.1) is 11.8 Å². The summed E-state index contributed by atoms with van der Waals surface area (Å²) in [5, 5.41) is 0.252. The van der Waals surface area contributed by atoms with Gasteiger partial charge in [-0.1, -0.05) is 18.2 Å². The topological polar surface area (TPSA) is 64.7 Å². The average Bonchev–Trinajstić information content (AvgIpc) is 2.64. The van der Waals surface area contributed by atoms with E-state index in [4.69, 9.17) is 10.5 Å². The molecule has 21 heavy (non-hydrogen) atoms. The Kier molecular flexibility index (Phi) is 4.33. The van der Waals surface area contributed by atoms with Gasteiger partial charge < -0.3 is 10.5 Å². The maximum Gasteiger partial charge on any atom is 0.244 e. The minimum absolute atomic E-state index is 0.252. The minimum atomic E-state index is -0.933. The molecule has 1 amide bonds. The van der Waals surface area contributed by atoms with E-state index in [1.54, 1.807) is 25.6 Å². The molecule has 1 heterocycles. The maximum absolute atomic E-state index is 11.4. The molecule has 5 heteroatoms. The number of nitrogens with zero attached hydrogens (tertiary/aromatic N) is 1. The molecule has 1 aromatic carbocycles. The molecule has 0 spiro atoms. The van der Waals surface area contributed by atoms with Crippen LogP contribution in [-0.4, -0.2) is 28.2 Å². The van der Waals surface area contributed by atoms with Crippen LogP contribution in [0.5, 0.6) is 0 Å². The summed E-state index contributed by atoms with van der Waals surface area (Å²) >= 11 is 1.77. The van der Waals surface area contributed by atoms with Gasteiger partial charge in [0.2, 0.25) is 5.91 Å². The number of nitrogens with two attached hydrogens (primary N) is 1. The SMILES string of the molecule is CC(C)(N=C1CC(Sc2ccccc2)C(C)(C)O1)C(N)=O. The number of hydrogen-bond donors (Lipinski definition) is 1. The number of thioether (sulfide) groups is 1. The summed E-state index contributed by atoms with van der Waals surface area (Å²) in [6.07, 6.45) is 0.698. The van der Waals surface area contributed by atoms with Crippen LogP contribution < -0.4 is 5.73 Å². The molecule has 1 aromatic rings. The molecule has 2 rings (SSSR count). The maximum atomic E-state index is 11.4. The lowest BCUT2D eigenvalue weighted by atomic mass is 10.0. The van der Waals surface area contributed by atoms with Gasteiger partial charge >= 0.3 is 0 Å². The summed E-state index contributed by atoms with van der Waals surface area (Å²) in [6.45, 7) is 7.51. The Hall–Kier alpha value is -1.49. The summed E-state index contributed by atoms with van der Waals surface area (Å²) < 4.78 is 5.94. The number of hydrogen-bond acceptors (Lipinski definition) is 4. The van der Waals surface area contributed by atoms with Crippen molar-refractivity contribution in [3.63, 3.8) is 0 Å². The van der Waals surface area contributed by atoms with Crippen LogP contribution in [0.4, 0.5) is 0 Å². The fourth-order valence-corrected chi connectivity index (χ4v) is 3.30. The van der Waals surface area contributed by atoms with E-state index in [9.17, 15) is 4.79 Å². The lowest BCUT2D eigenvalue weighted by Gasteiger charge is -2.24.